The van der Waals surface area contributed by atoms with E-state index < -0.39 is 5.91 Å². The number of ether oxygens (including phenoxy) is 1. The number of amides is 2. The zero-order valence-electron chi connectivity index (χ0n) is 20.5. The summed E-state index contributed by atoms with van der Waals surface area (Å²) >= 11 is 0. The number of hydrogen-bond donors (Lipinski definition) is 5. The highest BCUT2D eigenvalue weighted by molar-refractivity contribution is 6.06. The average molecular weight is 486 g/mol. The van der Waals surface area contributed by atoms with Crippen LogP contribution in [0.3, 0.4) is 0 Å². The van der Waals surface area contributed by atoms with Crippen molar-refractivity contribution in [2.45, 2.75) is 26.2 Å². The zero-order valence-corrected chi connectivity index (χ0v) is 20.5. The number of hydrogen-bond acceptors (Lipinski definition) is 9. The van der Waals surface area contributed by atoms with Gasteiger partial charge in [0.05, 0.1) is 5.69 Å². The van der Waals surface area contributed by atoms with Crippen LogP contribution in [0, 0.1) is 6.92 Å². The van der Waals surface area contributed by atoms with Gasteiger partial charge in [0.25, 0.3) is 11.8 Å². The van der Waals surface area contributed by atoms with E-state index in [2.05, 4.69) is 25.6 Å². The Morgan fingerprint density at radius 1 is 1.09 bits per heavy atom. The molecule has 0 atom stereocenters. The number of nitrogens with two attached hydrogens (primary N) is 3. The number of aliphatic imine (C=N–C) groups is 1. The van der Waals surface area contributed by atoms with Crippen LogP contribution in [0.5, 0.6) is 5.75 Å². The molecule has 0 spiro atoms. The highest BCUT2D eigenvalue weighted by Crippen LogP contribution is 2.14. The molecule has 0 saturated heterocycles. The molecule has 0 aliphatic rings. The Morgan fingerprint density at radius 3 is 2.49 bits per heavy atom. The number of aryl methyl sites for hydroxylation is 2. The number of nitrogens with one attached hydrogen (secondary N) is 2. The van der Waals surface area contributed by atoms with E-state index >= 15 is 0 Å². The summed E-state index contributed by atoms with van der Waals surface area (Å²) in [4.78, 5) is 38.1. The van der Waals surface area contributed by atoms with Crippen LogP contribution in [0.1, 0.15) is 34.6 Å². The van der Waals surface area contributed by atoms with Gasteiger partial charge in [0.15, 0.2) is 24.1 Å². The minimum Gasteiger partial charge on any atom is -0.484 e. The molecule has 12 heteroatoms. The summed E-state index contributed by atoms with van der Waals surface area (Å²) in [7, 11) is 3.90. The molecule has 2 aromatic rings. The monoisotopic (exact) mass is 485 g/mol. The molecule has 8 N–H and O–H groups in total. The Bertz CT molecular complexity index is 1020. The topological polar surface area (TPSA) is 187 Å². The molecule has 2 amide bonds. The fourth-order valence-corrected chi connectivity index (χ4v) is 2.94. The van der Waals surface area contributed by atoms with E-state index in [0.717, 1.165) is 31.4 Å². The first-order chi connectivity index (χ1) is 16.7. The molecule has 0 bridgehead atoms. The van der Waals surface area contributed by atoms with E-state index in [1.165, 1.54) is 0 Å². The molecular weight excluding hydrogens is 450 g/mol. The van der Waals surface area contributed by atoms with Gasteiger partial charge in [-0.2, -0.15) is 0 Å². The number of likely N-dealkylation sites (N-methyl/N-ethyl adjacent to an activating group) is 1. The number of anilines is 2. The molecule has 190 valence electrons. The molecule has 1 aromatic carbocycles. The highest BCUT2D eigenvalue weighted by atomic mass is 16.5. The lowest BCUT2D eigenvalue weighted by Crippen LogP contribution is -2.38. The molecule has 0 radical (unpaired) electrons. The molecule has 0 aliphatic carbocycles. The Hall–Kier alpha value is -3.93. The van der Waals surface area contributed by atoms with Gasteiger partial charge in [-0.15, -0.1) is 0 Å². The molecule has 1 aromatic heterocycles. The van der Waals surface area contributed by atoms with Crippen LogP contribution in [0.15, 0.2) is 29.3 Å². The number of nitrogen functional groups attached to an aromatic ring is 2. The average Bonchev–Trinajstić information content (AvgIpc) is 2.80. The van der Waals surface area contributed by atoms with Crippen molar-refractivity contribution < 1.29 is 14.3 Å². The standard InChI is InChI=1S/C23H35N9O3/c1-15-20(24)30-21(25)19(29-15)22(34)31-23(26)28-11-5-4-6-16-7-9-17(10-8-16)35-14-18(33)27-12-13-32(2)3/h7-10H,4-6,11-14H2,1-3H3,(H,27,33)(H4,24,25,30)(H3,26,28,31,34). The van der Waals surface area contributed by atoms with E-state index in [1.54, 1.807) is 6.92 Å². The Labute approximate surface area is 205 Å². The number of nitrogens with zero attached hydrogens (tertiary/aromatic N) is 4. The van der Waals surface area contributed by atoms with Crippen molar-refractivity contribution in [1.29, 1.82) is 0 Å². The third kappa shape index (κ3) is 9.84. The summed E-state index contributed by atoms with van der Waals surface area (Å²) in [6, 6.07) is 7.64. The molecule has 12 nitrogen and oxygen atoms in total. The molecule has 0 unspecified atom stereocenters. The zero-order chi connectivity index (χ0) is 25.8. The van der Waals surface area contributed by atoms with E-state index in [-0.39, 0.29) is 35.8 Å². The number of rotatable bonds is 12. The number of unbranched alkanes of at least 4 members (excludes halogenated alkanes) is 1. The second-order valence-electron chi connectivity index (χ2n) is 8.19. The van der Waals surface area contributed by atoms with E-state index in [0.29, 0.717) is 24.5 Å². The maximum Gasteiger partial charge on any atom is 0.280 e. The van der Waals surface area contributed by atoms with E-state index in [9.17, 15) is 9.59 Å². The smallest absolute Gasteiger partial charge is 0.280 e. The third-order valence-corrected chi connectivity index (χ3v) is 4.92. The number of guanidine groups is 1. The lowest BCUT2D eigenvalue weighted by Gasteiger charge is -2.11. The van der Waals surface area contributed by atoms with Crippen molar-refractivity contribution in [3.63, 3.8) is 0 Å². The van der Waals surface area contributed by atoms with Crippen LogP contribution in [0.25, 0.3) is 0 Å². The van der Waals surface area contributed by atoms with Gasteiger partial charge in [-0.25, -0.2) is 9.97 Å². The van der Waals surface area contributed by atoms with Crippen LogP contribution < -0.4 is 32.6 Å². The van der Waals surface area contributed by atoms with Crippen molar-refractivity contribution >= 4 is 29.4 Å². The van der Waals surface area contributed by atoms with Crippen LogP contribution in [0.4, 0.5) is 11.6 Å². The first-order valence-corrected chi connectivity index (χ1v) is 11.3. The SMILES string of the molecule is Cc1nc(C(=O)NC(N)=NCCCCc2ccc(OCC(=O)NCCN(C)C)cc2)c(N)nc1N. The number of benzene rings is 1. The Balaban J connectivity index is 1.67. The minimum absolute atomic E-state index is 0.0140. The molecule has 0 saturated carbocycles. The lowest BCUT2D eigenvalue weighted by molar-refractivity contribution is -0.123. The molecular formula is C23H35N9O3. The summed E-state index contributed by atoms with van der Waals surface area (Å²) in [6.45, 7) is 3.43. The third-order valence-electron chi connectivity index (χ3n) is 4.92. The van der Waals surface area contributed by atoms with Crippen molar-refractivity contribution in [3.05, 3.63) is 41.2 Å². The van der Waals surface area contributed by atoms with Crippen LogP contribution in [0.2, 0.25) is 0 Å². The van der Waals surface area contributed by atoms with Gasteiger partial charge in [0, 0.05) is 19.6 Å². The predicted molar refractivity (Wildman–Crippen MR) is 136 cm³/mol. The lowest BCUT2D eigenvalue weighted by atomic mass is 10.1. The van der Waals surface area contributed by atoms with Gasteiger partial charge in [0.2, 0.25) is 0 Å². The summed E-state index contributed by atoms with van der Waals surface area (Å²) < 4.78 is 5.52. The van der Waals surface area contributed by atoms with Crippen molar-refractivity contribution in [1.82, 2.24) is 25.5 Å². The second kappa shape index (κ2) is 13.7. The predicted octanol–water partition coefficient (Wildman–Crippen LogP) is 0.0734. The molecule has 2 rings (SSSR count). The number of carbonyl (C=O) groups excluding carboxylic acids is 2. The summed E-state index contributed by atoms with van der Waals surface area (Å²) in [6.07, 6.45) is 2.52. The van der Waals surface area contributed by atoms with Crippen LogP contribution in [-0.4, -0.2) is 73.0 Å². The largest absolute Gasteiger partial charge is 0.484 e. The maximum atomic E-state index is 12.3. The molecule has 0 fully saturated rings. The Morgan fingerprint density at radius 2 is 1.80 bits per heavy atom. The number of carbonyl (C=O) groups is 2. The van der Waals surface area contributed by atoms with Gasteiger partial charge in [-0.1, -0.05) is 12.1 Å². The Kier molecular flexibility index (Phi) is 10.7. The highest BCUT2D eigenvalue weighted by Gasteiger charge is 2.15. The first kappa shape index (κ1) is 27.3. The van der Waals surface area contributed by atoms with Gasteiger partial charge >= 0.3 is 0 Å². The fraction of sp³-hybridized carbons (Fsp3) is 0.435. The van der Waals surface area contributed by atoms with Crippen LogP contribution in [-0.2, 0) is 11.2 Å². The van der Waals surface area contributed by atoms with Gasteiger partial charge in [-0.3, -0.25) is 19.9 Å². The second-order valence-corrected chi connectivity index (χ2v) is 8.19. The molecule has 1 heterocycles. The molecule has 0 aliphatic heterocycles. The fourth-order valence-electron chi connectivity index (χ4n) is 2.94. The summed E-state index contributed by atoms with van der Waals surface area (Å²) in [5.74, 6) is -0.0108. The van der Waals surface area contributed by atoms with Gasteiger partial charge in [-0.05, 0) is 58.0 Å². The summed E-state index contributed by atoms with van der Waals surface area (Å²) in [5, 5.41) is 5.26. The normalized spacial score (nSPS) is 11.4. The summed E-state index contributed by atoms with van der Waals surface area (Å²) in [5.41, 5.74) is 18.6. The van der Waals surface area contributed by atoms with E-state index in [4.69, 9.17) is 21.9 Å². The quantitative estimate of drug-likeness (QED) is 0.157. The molecule has 35 heavy (non-hydrogen) atoms. The van der Waals surface area contributed by atoms with Gasteiger partial charge in [0.1, 0.15) is 11.6 Å². The number of aromatic nitrogens is 2. The van der Waals surface area contributed by atoms with Crippen LogP contribution >= 0.6 is 0 Å². The van der Waals surface area contributed by atoms with Crippen molar-refractivity contribution in [2.24, 2.45) is 10.7 Å². The van der Waals surface area contributed by atoms with Gasteiger partial charge < -0.3 is 32.2 Å². The minimum atomic E-state index is -0.590. The van der Waals surface area contributed by atoms with Crippen molar-refractivity contribution in [2.75, 3.05) is 51.8 Å². The van der Waals surface area contributed by atoms with E-state index in [1.807, 2.05) is 43.3 Å². The first-order valence-electron chi connectivity index (χ1n) is 11.3. The van der Waals surface area contributed by atoms with Crippen molar-refractivity contribution in [3.8, 4) is 5.75 Å². The maximum absolute atomic E-state index is 12.3.